The van der Waals surface area contributed by atoms with E-state index in [4.69, 9.17) is 0 Å². The highest BCUT2D eigenvalue weighted by Gasteiger charge is 2.15. The van der Waals surface area contributed by atoms with Gasteiger partial charge in [0.2, 0.25) is 0 Å². The molecule has 2 rings (SSSR count). The van der Waals surface area contributed by atoms with E-state index in [1.807, 2.05) is 6.08 Å². The normalized spacial score (nSPS) is 16.6. The van der Waals surface area contributed by atoms with E-state index < -0.39 is 0 Å². The van der Waals surface area contributed by atoms with Crippen LogP contribution in [0, 0.1) is 0 Å². The highest BCUT2D eigenvalue weighted by Crippen LogP contribution is 2.24. The van der Waals surface area contributed by atoms with E-state index in [1.54, 1.807) is 6.33 Å². The molecular weight excluding hydrogens is 186 g/mol. The molecule has 3 heteroatoms. The van der Waals surface area contributed by atoms with E-state index in [0.29, 0.717) is 0 Å². The molecule has 0 amide bonds. The lowest BCUT2D eigenvalue weighted by atomic mass is 9.96. The third-order valence-electron chi connectivity index (χ3n) is 2.84. The Balaban J connectivity index is 2.26. The minimum Gasteiger partial charge on any atom is -0.364 e. The van der Waals surface area contributed by atoms with Crippen LogP contribution in [-0.2, 0) is 12.8 Å². The average Bonchev–Trinajstić information content (AvgIpc) is 2.29. The fourth-order valence-corrected chi connectivity index (χ4v) is 1.92. The van der Waals surface area contributed by atoms with Crippen LogP contribution in [-0.4, -0.2) is 16.0 Å². The maximum atomic E-state index is 4.34. The lowest BCUT2D eigenvalue weighted by molar-refractivity contribution is 0.662. The van der Waals surface area contributed by atoms with Gasteiger partial charge in [-0.15, -0.1) is 6.58 Å². The molecule has 0 aromatic carbocycles. The van der Waals surface area contributed by atoms with Crippen LogP contribution in [0.4, 0.5) is 5.82 Å². The smallest absolute Gasteiger partial charge is 0.133 e. The van der Waals surface area contributed by atoms with Crippen LogP contribution in [0.3, 0.4) is 0 Å². The standard InChI is InChI=1S/C12H17N3/c1-3-9(2)15-12-10-6-4-5-7-11(10)13-8-14-12/h3,8-9H,1,4-7H2,2H3,(H,13,14,15). The number of nitrogens with zero attached hydrogens (tertiary/aromatic N) is 2. The highest BCUT2D eigenvalue weighted by atomic mass is 15.0. The number of aryl methyl sites for hydroxylation is 1. The average molecular weight is 203 g/mol. The molecular formula is C12H17N3. The van der Waals surface area contributed by atoms with Crippen molar-refractivity contribution in [1.29, 1.82) is 0 Å². The van der Waals surface area contributed by atoms with Crippen molar-refractivity contribution in [2.45, 2.75) is 38.6 Å². The molecule has 0 spiro atoms. The predicted octanol–water partition coefficient (Wildman–Crippen LogP) is 2.34. The fraction of sp³-hybridized carbons (Fsp3) is 0.500. The Labute approximate surface area is 90.6 Å². The van der Waals surface area contributed by atoms with Gasteiger partial charge in [-0.3, -0.25) is 0 Å². The van der Waals surface area contributed by atoms with Crippen LogP contribution >= 0.6 is 0 Å². The summed E-state index contributed by atoms with van der Waals surface area (Å²) in [5, 5.41) is 3.35. The van der Waals surface area contributed by atoms with Crippen molar-refractivity contribution in [2.24, 2.45) is 0 Å². The second-order valence-electron chi connectivity index (χ2n) is 4.02. The zero-order valence-electron chi connectivity index (χ0n) is 9.16. The first-order chi connectivity index (χ1) is 7.31. The lowest BCUT2D eigenvalue weighted by Gasteiger charge is -2.19. The van der Waals surface area contributed by atoms with Gasteiger partial charge < -0.3 is 5.32 Å². The van der Waals surface area contributed by atoms with Crippen molar-refractivity contribution < 1.29 is 0 Å². The van der Waals surface area contributed by atoms with Gasteiger partial charge in [-0.05, 0) is 32.6 Å². The van der Waals surface area contributed by atoms with Gasteiger partial charge in [0.05, 0.1) is 0 Å². The van der Waals surface area contributed by atoms with Gasteiger partial charge in [-0.25, -0.2) is 9.97 Å². The van der Waals surface area contributed by atoms with Crippen LogP contribution in [0.1, 0.15) is 31.0 Å². The van der Waals surface area contributed by atoms with Crippen molar-refractivity contribution >= 4 is 5.82 Å². The molecule has 1 aromatic rings. The minimum atomic E-state index is 0.255. The first-order valence-corrected chi connectivity index (χ1v) is 5.53. The van der Waals surface area contributed by atoms with Crippen LogP contribution < -0.4 is 5.32 Å². The van der Waals surface area contributed by atoms with Gasteiger partial charge in [-0.2, -0.15) is 0 Å². The SMILES string of the molecule is C=CC(C)Nc1ncnc2c1CCCC2. The fourth-order valence-electron chi connectivity index (χ4n) is 1.92. The quantitative estimate of drug-likeness (QED) is 0.766. The van der Waals surface area contributed by atoms with Gasteiger partial charge in [0.25, 0.3) is 0 Å². The summed E-state index contributed by atoms with van der Waals surface area (Å²) >= 11 is 0. The number of rotatable bonds is 3. The van der Waals surface area contributed by atoms with Crippen LogP contribution in [0.25, 0.3) is 0 Å². The summed E-state index contributed by atoms with van der Waals surface area (Å²) in [7, 11) is 0. The number of nitrogens with one attached hydrogen (secondary N) is 1. The Kier molecular flexibility index (Phi) is 2.99. The zero-order chi connectivity index (χ0) is 10.7. The molecule has 1 N–H and O–H groups in total. The van der Waals surface area contributed by atoms with E-state index in [2.05, 4.69) is 28.8 Å². The van der Waals surface area contributed by atoms with E-state index in [9.17, 15) is 0 Å². The maximum Gasteiger partial charge on any atom is 0.133 e. The molecule has 1 heterocycles. The molecule has 80 valence electrons. The number of hydrogen-bond donors (Lipinski definition) is 1. The summed E-state index contributed by atoms with van der Waals surface area (Å²) in [6, 6.07) is 0.255. The second kappa shape index (κ2) is 4.43. The number of anilines is 1. The van der Waals surface area contributed by atoms with Crippen LogP contribution in [0.2, 0.25) is 0 Å². The van der Waals surface area contributed by atoms with Crippen LogP contribution in [0.15, 0.2) is 19.0 Å². The Morgan fingerprint density at radius 3 is 3.00 bits per heavy atom. The minimum absolute atomic E-state index is 0.255. The van der Waals surface area contributed by atoms with Gasteiger partial charge in [-0.1, -0.05) is 6.08 Å². The largest absolute Gasteiger partial charge is 0.364 e. The van der Waals surface area contributed by atoms with Gasteiger partial charge in [0, 0.05) is 17.3 Å². The monoisotopic (exact) mass is 203 g/mol. The molecule has 1 aromatic heterocycles. The molecule has 0 bridgehead atoms. The van der Waals surface area contributed by atoms with Crippen LogP contribution in [0.5, 0.6) is 0 Å². The zero-order valence-corrected chi connectivity index (χ0v) is 9.16. The molecule has 1 aliphatic rings. The Hall–Kier alpha value is -1.38. The van der Waals surface area contributed by atoms with Gasteiger partial charge in [0.15, 0.2) is 0 Å². The number of aromatic nitrogens is 2. The third kappa shape index (κ3) is 2.17. The topological polar surface area (TPSA) is 37.8 Å². The molecule has 0 radical (unpaired) electrons. The summed E-state index contributed by atoms with van der Waals surface area (Å²) in [6.45, 7) is 5.84. The number of hydrogen-bond acceptors (Lipinski definition) is 3. The van der Waals surface area contributed by atoms with Crippen molar-refractivity contribution in [1.82, 2.24) is 9.97 Å². The van der Waals surface area contributed by atoms with Gasteiger partial charge >= 0.3 is 0 Å². The van der Waals surface area contributed by atoms with Crippen molar-refractivity contribution in [3.8, 4) is 0 Å². The van der Waals surface area contributed by atoms with Crippen molar-refractivity contribution in [2.75, 3.05) is 5.32 Å². The molecule has 15 heavy (non-hydrogen) atoms. The lowest BCUT2D eigenvalue weighted by Crippen LogP contribution is -2.17. The summed E-state index contributed by atoms with van der Waals surface area (Å²) in [5.41, 5.74) is 2.52. The summed E-state index contributed by atoms with van der Waals surface area (Å²) in [5.74, 6) is 0.993. The maximum absolute atomic E-state index is 4.34. The molecule has 1 atom stereocenters. The predicted molar refractivity (Wildman–Crippen MR) is 62.0 cm³/mol. The number of fused-ring (bicyclic) bond motifs is 1. The Morgan fingerprint density at radius 2 is 2.20 bits per heavy atom. The van der Waals surface area contributed by atoms with E-state index in [-0.39, 0.29) is 6.04 Å². The molecule has 3 nitrogen and oxygen atoms in total. The van der Waals surface area contributed by atoms with Crippen molar-refractivity contribution in [3.05, 3.63) is 30.2 Å². The van der Waals surface area contributed by atoms with Crippen molar-refractivity contribution in [3.63, 3.8) is 0 Å². The second-order valence-corrected chi connectivity index (χ2v) is 4.02. The van der Waals surface area contributed by atoms with E-state index in [1.165, 1.54) is 24.1 Å². The van der Waals surface area contributed by atoms with E-state index in [0.717, 1.165) is 18.7 Å². The van der Waals surface area contributed by atoms with Gasteiger partial charge in [0.1, 0.15) is 12.1 Å². The molecule has 0 saturated carbocycles. The summed E-state index contributed by atoms with van der Waals surface area (Å²) in [4.78, 5) is 8.65. The first-order valence-electron chi connectivity index (χ1n) is 5.53. The van der Waals surface area contributed by atoms with E-state index >= 15 is 0 Å². The molecule has 0 aliphatic heterocycles. The Morgan fingerprint density at radius 1 is 1.40 bits per heavy atom. The Bertz CT molecular complexity index is 360. The molecule has 0 fully saturated rings. The molecule has 0 saturated heterocycles. The summed E-state index contributed by atoms with van der Waals surface area (Å²) < 4.78 is 0. The molecule has 1 unspecified atom stereocenters. The summed E-state index contributed by atoms with van der Waals surface area (Å²) in [6.07, 6.45) is 8.23. The first kappa shape index (κ1) is 10.1. The third-order valence-corrected chi connectivity index (χ3v) is 2.84. The molecule has 1 aliphatic carbocycles. The highest BCUT2D eigenvalue weighted by molar-refractivity contribution is 5.48.